The summed E-state index contributed by atoms with van der Waals surface area (Å²) in [5, 5.41) is 3.99. The van der Waals surface area contributed by atoms with Crippen LogP contribution in [0.1, 0.15) is 41.2 Å². The van der Waals surface area contributed by atoms with Gasteiger partial charge in [-0.1, -0.05) is 24.3 Å². The maximum absolute atomic E-state index is 12.7. The van der Waals surface area contributed by atoms with Crippen molar-refractivity contribution in [1.82, 2.24) is 4.98 Å². The second-order valence-electron chi connectivity index (χ2n) is 7.11. The fourth-order valence-corrected chi connectivity index (χ4v) is 5.00. The van der Waals surface area contributed by atoms with Gasteiger partial charge >= 0.3 is 5.97 Å². The highest BCUT2D eigenvalue weighted by molar-refractivity contribution is 7.18. The van der Waals surface area contributed by atoms with Gasteiger partial charge in [0.05, 0.1) is 34.6 Å². The summed E-state index contributed by atoms with van der Waals surface area (Å²) in [6.07, 6.45) is 2.10. The van der Waals surface area contributed by atoms with Crippen molar-refractivity contribution in [1.29, 1.82) is 0 Å². The quantitative estimate of drug-likeness (QED) is 0.613. The summed E-state index contributed by atoms with van der Waals surface area (Å²) in [7, 11) is 0. The Morgan fingerprint density at radius 3 is 2.83 bits per heavy atom. The number of rotatable bonds is 6. The summed E-state index contributed by atoms with van der Waals surface area (Å²) < 4.78 is 6.27. The molecule has 1 unspecified atom stereocenters. The number of esters is 1. The van der Waals surface area contributed by atoms with E-state index in [0.717, 1.165) is 29.9 Å². The number of quaternary nitrogens is 1. The molecule has 2 atom stereocenters. The normalized spacial score (nSPS) is 18.7. The molecule has 0 spiro atoms. The lowest BCUT2D eigenvalue weighted by Gasteiger charge is -2.19. The average molecular weight is 411 g/mol. The number of anilines is 1. The number of nitrogens with one attached hydrogen (secondary N) is 2. The number of thiazole rings is 1. The number of ether oxygens (including phenoxy) is 1. The van der Waals surface area contributed by atoms with Crippen molar-refractivity contribution >= 4 is 39.1 Å². The third-order valence-electron chi connectivity index (χ3n) is 5.18. The Hall–Kier alpha value is -2.77. The minimum atomic E-state index is -0.427. The number of para-hydroxylation sites is 2. The summed E-state index contributed by atoms with van der Waals surface area (Å²) in [4.78, 5) is 30.9. The molecule has 6 nitrogen and oxygen atoms in total. The van der Waals surface area contributed by atoms with Gasteiger partial charge in [0, 0.05) is 12.8 Å². The largest absolute Gasteiger partial charge is 0.462 e. The van der Waals surface area contributed by atoms with Crippen LogP contribution in [0.2, 0.25) is 0 Å². The van der Waals surface area contributed by atoms with E-state index >= 15 is 0 Å². The predicted octanol–water partition coefficient (Wildman–Crippen LogP) is 2.83. The molecular formula is C22H24N3O3S+. The van der Waals surface area contributed by atoms with Gasteiger partial charge in [-0.3, -0.25) is 4.79 Å². The molecule has 7 heteroatoms. The molecular weight excluding hydrogens is 386 g/mol. The molecule has 150 valence electrons. The van der Waals surface area contributed by atoms with Gasteiger partial charge in [-0.2, -0.15) is 0 Å². The van der Waals surface area contributed by atoms with E-state index in [1.807, 2.05) is 18.2 Å². The van der Waals surface area contributed by atoms with Gasteiger partial charge in [0.25, 0.3) is 5.91 Å². The number of hydrogen-bond donors (Lipinski definition) is 2. The number of benzene rings is 2. The number of hydrogen-bond acceptors (Lipinski definition) is 5. The summed E-state index contributed by atoms with van der Waals surface area (Å²) in [6.45, 7) is 3.34. The van der Waals surface area contributed by atoms with E-state index in [0.29, 0.717) is 24.4 Å². The van der Waals surface area contributed by atoms with Crippen LogP contribution < -0.4 is 10.2 Å². The summed E-state index contributed by atoms with van der Waals surface area (Å²) >= 11 is 1.72. The van der Waals surface area contributed by atoms with Gasteiger partial charge in [0.15, 0.2) is 11.6 Å². The van der Waals surface area contributed by atoms with E-state index in [1.54, 1.807) is 42.5 Å². The first kappa shape index (κ1) is 19.5. The number of carbonyl (C=O) groups is 2. The van der Waals surface area contributed by atoms with Crippen molar-refractivity contribution in [3.63, 3.8) is 0 Å². The van der Waals surface area contributed by atoms with Crippen LogP contribution in [0.4, 0.5) is 5.69 Å². The first-order valence-electron chi connectivity index (χ1n) is 9.91. The number of carbonyl (C=O) groups excluding carboxylic acids is 2. The third kappa shape index (κ3) is 4.31. The number of aromatic nitrogens is 1. The second-order valence-corrected chi connectivity index (χ2v) is 8.18. The van der Waals surface area contributed by atoms with E-state index in [1.165, 1.54) is 9.60 Å². The summed E-state index contributed by atoms with van der Waals surface area (Å²) in [5.74, 6) is -0.533. The zero-order valence-corrected chi connectivity index (χ0v) is 17.1. The van der Waals surface area contributed by atoms with Gasteiger partial charge in [-0.05, 0) is 31.2 Å². The Labute approximate surface area is 173 Å². The Kier molecular flexibility index (Phi) is 5.87. The fraction of sp³-hybridized carbons (Fsp3) is 0.318. The molecule has 1 aromatic heterocycles. The lowest BCUT2D eigenvalue weighted by Crippen LogP contribution is -3.11. The van der Waals surface area contributed by atoms with Crippen LogP contribution in [0.5, 0.6) is 0 Å². The Morgan fingerprint density at radius 1 is 1.21 bits per heavy atom. The Morgan fingerprint density at radius 2 is 2.00 bits per heavy atom. The van der Waals surface area contributed by atoms with E-state index in [2.05, 4.69) is 11.4 Å². The van der Waals surface area contributed by atoms with Crippen LogP contribution in [-0.4, -0.2) is 36.6 Å². The number of amides is 1. The zero-order valence-electron chi connectivity index (χ0n) is 16.3. The smallest absolute Gasteiger partial charge is 0.340 e. The molecule has 2 aromatic carbocycles. The van der Waals surface area contributed by atoms with Gasteiger partial charge < -0.3 is 15.0 Å². The topological polar surface area (TPSA) is 72.7 Å². The molecule has 1 fully saturated rings. The van der Waals surface area contributed by atoms with Gasteiger partial charge in [-0.25, -0.2) is 9.78 Å². The predicted molar refractivity (Wildman–Crippen MR) is 113 cm³/mol. The number of likely N-dealkylation sites (tertiary alicyclic amines) is 1. The molecule has 1 aliphatic heterocycles. The molecule has 0 saturated carbocycles. The van der Waals surface area contributed by atoms with E-state index in [9.17, 15) is 9.59 Å². The third-order valence-corrected chi connectivity index (χ3v) is 6.33. The first-order valence-corrected chi connectivity index (χ1v) is 10.7. The Balaban J connectivity index is 1.46. The number of fused-ring (bicyclic) bond motifs is 1. The lowest BCUT2D eigenvalue weighted by molar-refractivity contribution is -0.910. The van der Waals surface area contributed by atoms with Gasteiger partial charge in [0.2, 0.25) is 0 Å². The van der Waals surface area contributed by atoms with Crippen molar-refractivity contribution in [3.05, 3.63) is 59.1 Å². The molecule has 29 heavy (non-hydrogen) atoms. The second kappa shape index (κ2) is 8.71. The molecule has 0 bridgehead atoms. The van der Waals surface area contributed by atoms with Crippen LogP contribution in [0.15, 0.2) is 48.5 Å². The zero-order chi connectivity index (χ0) is 20.2. The van der Waals surface area contributed by atoms with Crippen molar-refractivity contribution in [2.45, 2.75) is 25.8 Å². The van der Waals surface area contributed by atoms with Crippen molar-refractivity contribution in [2.24, 2.45) is 0 Å². The van der Waals surface area contributed by atoms with Crippen molar-refractivity contribution in [2.75, 3.05) is 25.0 Å². The summed E-state index contributed by atoms with van der Waals surface area (Å²) in [6, 6.07) is 15.3. The fourth-order valence-electron chi connectivity index (χ4n) is 3.84. The first-order chi connectivity index (χ1) is 14.2. The lowest BCUT2D eigenvalue weighted by atomic mass is 10.1. The molecule has 4 rings (SSSR count). The minimum Gasteiger partial charge on any atom is -0.462 e. The highest BCUT2D eigenvalue weighted by Crippen LogP contribution is 2.28. The molecule has 1 aliphatic rings. The van der Waals surface area contributed by atoms with Gasteiger partial charge in [-0.15, -0.1) is 11.3 Å². The van der Waals surface area contributed by atoms with Crippen LogP contribution >= 0.6 is 11.3 Å². The average Bonchev–Trinajstić information content (AvgIpc) is 3.34. The molecule has 1 amide bonds. The molecule has 1 saturated heterocycles. The SMILES string of the molecule is CCOC(=O)c1ccccc1NC(=O)C[NH+]1CCC[C@H]1c1nc2ccccc2s1. The maximum Gasteiger partial charge on any atom is 0.340 e. The van der Waals surface area contributed by atoms with Crippen LogP contribution in [0, 0.1) is 0 Å². The highest BCUT2D eigenvalue weighted by atomic mass is 32.1. The van der Waals surface area contributed by atoms with Gasteiger partial charge in [0.1, 0.15) is 6.04 Å². The van der Waals surface area contributed by atoms with Crippen LogP contribution in [-0.2, 0) is 9.53 Å². The highest BCUT2D eigenvalue weighted by Gasteiger charge is 2.34. The Bertz CT molecular complexity index is 1000. The number of nitrogens with zero attached hydrogens (tertiary/aromatic N) is 1. The summed E-state index contributed by atoms with van der Waals surface area (Å²) in [5.41, 5.74) is 1.89. The molecule has 0 aliphatic carbocycles. The maximum atomic E-state index is 12.7. The van der Waals surface area contributed by atoms with Crippen LogP contribution in [0.25, 0.3) is 10.2 Å². The molecule has 0 radical (unpaired) electrons. The van der Waals surface area contributed by atoms with Crippen molar-refractivity contribution < 1.29 is 19.2 Å². The van der Waals surface area contributed by atoms with E-state index in [4.69, 9.17) is 9.72 Å². The van der Waals surface area contributed by atoms with E-state index < -0.39 is 5.97 Å². The van der Waals surface area contributed by atoms with Crippen LogP contribution in [0.3, 0.4) is 0 Å². The van der Waals surface area contributed by atoms with E-state index in [-0.39, 0.29) is 11.9 Å². The monoisotopic (exact) mass is 410 g/mol. The standard InChI is InChI=1S/C22H23N3O3S/c1-2-28-22(27)15-8-3-4-9-16(15)23-20(26)14-25-13-7-11-18(25)21-24-17-10-5-6-12-19(17)29-21/h3-6,8-10,12,18H,2,7,11,13-14H2,1H3,(H,23,26)/p+1/t18-/m0/s1. The molecule has 2 N–H and O–H groups in total. The molecule has 3 aromatic rings. The van der Waals surface area contributed by atoms with Crippen molar-refractivity contribution in [3.8, 4) is 0 Å². The molecule has 2 heterocycles. The minimum absolute atomic E-state index is 0.107.